The molecular formula is C17H23NO4S. The molecule has 2 aromatic rings. The number of hydrogen-bond acceptors (Lipinski definition) is 6. The fourth-order valence-corrected chi connectivity index (χ4v) is 3.04. The average molecular weight is 337 g/mol. The minimum absolute atomic E-state index is 0.313. The van der Waals surface area contributed by atoms with Crippen LogP contribution < -0.4 is 4.74 Å². The van der Waals surface area contributed by atoms with Crippen molar-refractivity contribution in [1.82, 2.24) is 5.16 Å². The summed E-state index contributed by atoms with van der Waals surface area (Å²) in [5.74, 6) is 0.664. The van der Waals surface area contributed by atoms with Crippen LogP contribution in [0.2, 0.25) is 0 Å². The van der Waals surface area contributed by atoms with Crippen LogP contribution in [0.25, 0.3) is 0 Å². The van der Waals surface area contributed by atoms with Crippen molar-refractivity contribution in [2.45, 2.75) is 45.4 Å². The van der Waals surface area contributed by atoms with Gasteiger partial charge in [-0.15, -0.1) is 0 Å². The van der Waals surface area contributed by atoms with Crippen molar-refractivity contribution in [3.8, 4) is 5.06 Å². The van der Waals surface area contributed by atoms with Gasteiger partial charge in [-0.05, 0) is 31.9 Å². The van der Waals surface area contributed by atoms with Gasteiger partial charge in [-0.3, -0.25) is 0 Å². The lowest BCUT2D eigenvalue weighted by molar-refractivity contribution is 0.0606. The molecule has 5 nitrogen and oxygen atoms in total. The molecule has 0 spiro atoms. The van der Waals surface area contributed by atoms with Crippen molar-refractivity contribution >= 4 is 17.3 Å². The molecule has 0 aliphatic carbocycles. The van der Waals surface area contributed by atoms with E-state index in [4.69, 9.17) is 9.26 Å². The zero-order valence-corrected chi connectivity index (χ0v) is 14.5. The fourth-order valence-electron chi connectivity index (χ4n) is 2.25. The molecule has 0 saturated carbocycles. The smallest absolute Gasteiger partial charge is 0.348 e. The van der Waals surface area contributed by atoms with Crippen LogP contribution in [0.15, 0.2) is 22.7 Å². The van der Waals surface area contributed by atoms with Crippen LogP contribution in [-0.2, 0) is 11.2 Å². The zero-order chi connectivity index (χ0) is 16.5. The summed E-state index contributed by atoms with van der Waals surface area (Å²) < 4.78 is 15.5. The number of methoxy groups -OCH3 is 1. The highest BCUT2D eigenvalue weighted by molar-refractivity contribution is 7.15. The number of esters is 1. The molecule has 2 rings (SSSR count). The molecule has 2 heterocycles. The molecular weight excluding hydrogens is 314 g/mol. The Hall–Kier alpha value is -1.82. The van der Waals surface area contributed by atoms with Crippen LogP contribution in [0, 0.1) is 6.92 Å². The Bertz CT molecular complexity index is 605. The number of aromatic nitrogens is 1. The van der Waals surface area contributed by atoms with Crippen molar-refractivity contribution in [3.63, 3.8) is 0 Å². The molecule has 0 saturated heterocycles. The lowest BCUT2D eigenvalue weighted by Gasteiger charge is -2.03. The minimum Gasteiger partial charge on any atom is -0.484 e. The summed E-state index contributed by atoms with van der Waals surface area (Å²) in [6.45, 7) is 2.62. The summed E-state index contributed by atoms with van der Waals surface area (Å²) in [4.78, 5) is 11.9. The molecule has 0 amide bonds. The second kappa shape index (κ2) is 9.35. The van der Waals surface area contributed by atoms with E-state index in [2.05, 4.69) is 9.89 Å². The van der Waals surface area contributed by atoms with E-state index in [0.717, 1.165) is 42.2 Å². The van der Waals surface area contributed by atoms with Gasteiger partial charge in [0, 0.05) is 12.5 Å². The van der Waals surface area contributed by atoms with E-state index < -0.39 is 0 Å². The molecule has 0 N–H and O–H groups in total. The maximum Gasteiger partial charge on any atom is 0.348 e. The number of carbonyl (C=O) groups is 1. The fraction of sp³-hybridized carbons (Fsp3) is 0.529. The van der Waals surface area contributed by atoms with Crippen molar-refractivity contribution in [2.75, 3.05) is 13.7 Å². The highest BCUT2D eigenvalue weighted by Crippen LogP contribution is 2.25. The van der Waals surface area contributed by atoms with Gasteiger partial charge in [0.25, 0.3) is 0 Å². The van der Waals surface area contributed by atoms with Gasteiger partial charge >= 0.3 is 5.97 Å². The summed E-state index contributed by atoms with van der Waals surface area (Å²) >= 11 is 1.32. The first-order valence-corrected chi connectivity index (χ1v) is 8.74. The van der Waals surface area contributed by atoms with Gasteiger partial charge in [0.1, 0.15) is 10.6 Å². The number of carbonyl (C=O) groups excluding carboxylic acids is 1. The molecule has 126 valence electrons. The second-order valence-electron chi connectivity index (χ2n) is 5.41. The molecule has 6 heteroatoms. The highest BCUT2D eigenvalue weighted by Gasteiger charge is 2.09. The number of unbranched alkanes of at least 4 members (excludes halogenated alkanes) is 4. The van der Waals surface area contributed by atoms with Gasteiger partial charge in [0.15, 0.2) is 5.06 Å². The normalized spacial score (nSPS) is 10.7. The molecule has 0 bridgehead atoms. The van der Waals surface area contributed by atoms with E-state index in [9.17, 15) is 4.79 Å². The Morgan fingerprint density at radius 2 is 2.00 bits per heavy atom. The summed E-state index contributed by atoms with van der Waals surface area (Å²) in [6.07, 6.45) is 6.63. The topological polar surface area (TPSA) is 61.6 Å². The molecule has 0 fully saturated rings. The molecule has 0 unspecified atom stereocenters. The largest absolute Gasteiger partial charge is 0.484 e. The zero-order valence-electron chi connectivity index (χ0n) is 13.7. The highest BCUT2D eigenvalue weighted by atomic mass is 32.1. The lowest BCUT2D eigenvalue weighted by Crippen LogP contribution is -1.97. The Morgan fingerprint density at radius 1 is 1.22 bits per heavy atom. The van der Waals surface area contributed by atoms with Crippen molar-refractivity contribution < 1.29 is 18.8 Å². The molecule has 0 aromatic carbocycles. The molecule has 0 aliphatic rings. The van der Waals surface area contributed by atoms with Gasteiger partial charge in [-0.25, -0.2) is 4.79 Å². The number of hydrogen-bond donors (Lipinski definition) is 0. The predicted molar refractivity (Wildman–Crippen MR) is 89.2 cm³/mol. The number of rotatable bonds is 10. The third kappa shape index (κ3) is 6.06. The Morgan fingerprint density at radius 3 is 2.74 bits per heavy atom. The van der Waals surface area contributed by atoms with Crippen LogP contribution in [0.1, 0.15) is 53.2 Å². The average Bonchev–Trinajstić information content (AvgIpc) is 3.18. The van der Waals surface area contributed by atoms with Crippen molar-refractivity contribution in [3.05, 3.63) is 34.5 Å². The van der Waals surface area contributed by atoms with E-state index in [-0.39, 0.29) is 5.97 Å². The summed E-state index contributed by atoms with van der Waals surface area (Å²) in [7, 11) is 1.38. The maximum absolute atomic E-state index is 11.3. The van der Waals surface area contributed by atoms with Gasteiger partial charge in [-0.1, -0.05) is 35.8 Å². The number of nitrogens with zero attached hydrogens (tertiary/aromatic N) is 1. The van der Waals surface area contributed by atoms with Crippen LogP contribution in [0.5, 0.6) is 5.06 Å². The van der Waals surface area contributed by atoms with Gasteiger partial charge in [-0.2, -0.15) is 0 Å². The van der Waals surface area contributed by atoms with Crippen LogP contribution in [-0.4, -0.2) is 24.8 Å². The number of thiophene rings is 1. The summed E-state index contributed by atoms with van der Waals surface area (Å²) in [5.41, 5.74) is 0.945. The summed E-state index contributed by atoms with van der Waals surface area (Å²) in [5, 5.41) is 4.65. The van der Waals surface area contributed by atoms with E-state index in [1.54, 1.807) is 6.07 Å². The van der Waals surface area contributed by atoms with Crippen LogP contribution in [0.4, 0.5) is 0 Å². The van der Waals surface area contributed by atoms with Crippen molar-refractivity contribution in [2.24, 2.45) is 0 Å². The first kappa shape index (κ1) is 17.5. The predicted octanol–water partition coefficient (Wildman–Crippen LogP) is 4.40. The van der Waals surface area contributed by atoms with Gasteiger partial charge in [0.05, 0.1) is 19.4 Å². The molecule has 2 aromatic heterocycles. The van der Waals surface area contributed by atoms with Crippen LogP contribution in [0.3, 0.4) is 0 Å². The SMILES string of the molecule is COC(=O)c1ccc(OCCCCCCCc2cc(C)no2)s1. The number of aryl methyl sites for hydroxylation is 2. The van der Waals surface area contributed by atoms with E-state index >= 15 is 0 Å². The lowest BCUT2D eigenvalue weighted by atomic mass is 10.1. The van der Waals surface area contributed by atoms with E-state index in [1.807, 2.05) is 19.1 Å². The molecule has 0 atom stereocenters. The molecule has 0 aliphatic heterocycles. The first-order chi connectivity index (χ1) is 11.2. The minimum atomic E-state index is -0.313. The molecule has 23 heavy (non-hydrogen) atoms. The first-order valence-electron chi connectivity index (χ1n) is 7.92. The quantitative estimate of drug-likeness (QED) is 0.475. The van der Waals surface area contributed by atoms with E-state index in [1.165, 1.54) is 31.3 Å². The second-order valence-corrected chi connectivity index (χ2v) is 6.46. The van der Waals surface area contributed by atoms with Gasteiger partial charge in [0.2, 0.25) is 0 Å². The van der Waals surface area contributed by atoms with E-state index in [0.29, 0.717) is 11.5 Å². The standard InChI is InChI=1S/C17H23NO4S/c1-13-12-14(22-18-13)8-6-4-3-5-7-11-21-16-10-9-15(23-16)17(19)20-2/h9-10,12H,3-8,11H2,1-2H3. The third-order valence-corrected chi connectivity index (χ3v) is 4.43. The van der Waals surface area contributed by atoms with Gasteiger partial charge < -0.3 is 14.0 Å². The van der Waals surface area contributed by atoms with Crippen molar-refractivity contribution in [1.29, 1.82) is 0 Å². The Kier molecular flexibility index (Phi) is 7.13. The Balaban J connectivity index is 1.49. The maximum atomic E-state index is 11.3. The number of ether oxygens (including phenoxy) is 2. The monoisotopic (exact) mass is 337 g/mol. The molecule has 0 radical (unpaired) electrons. The van der Waals surface area contributed by atoms with Crippen LogP contribution >= 0.6 is 11.3 Å². The third-order valence-electron chi connectivity index (χ3n) is 3.46. The summed E-state index contributed by atoms with van der Waals surface area (Å²) in [6, 6.07) is 5.55. The Labute approximate surface area is 140 Å².